The lowest BCUT2D eigenvalue weighted by Gasteiger charge is -2.18. The molecule has 1 aliphatic heterocycles. The van der Waals surface area contributed by atoms with Gasteiger partial charge in [0, 0.05) is 19.1 Å². The Labute approximate surface area is 95.6 Å². The van der Waals surface area contributed by atoms with Crippen molar-refractivity contribution in [2.45, 2.75) is 38.6 Å². The molecule has 1 aliphatic rings. The number of ether oxygens (including phenoxy) is 1. The van der Waals surface area contributed by atoms with E-state index in [-0.39, 0.29) is 6.04 Å². The molecule has 5 nitrogen and oxygen atoms in total. The minimum absolute atomic E-state index is 0.131. The SMILES string of the molecule is CCNC(C)c1nnc(C2CCOCC2)o1. The van der Waals surface area contributed by atoms with Gasteiger partial charge in [0.2, 0.25) is 11.8 Å². The molecule has 1 saturated heterocycles. The quantitative estimate of drug-likeness (QED) is 0.844. The zero-order valence-corrected chi connectivity index (χ0v) is 9.90. The van der Waals surface area contributed by atoms with Gasteiger partial charge in [-0.15, -0.1) is 10.2 Å². The molecule has 0 aromatic carbocycles. The van der Waals surface area contributed by atoms with Crippen LogP contribution < -0.4 is 5.32 Å². The minimum atomic E-state index is 0.131. The highest BCUT2D eigenvalue weighted by atomic mass is 16.5. The summed E-state index contributed by atoms with van der Waals surface area (Å²) in [5.41, 5.74) is 0. The number of nitrogens with zero attached hydrogens (tertiary/aromatic N) is 2. The summed E-state index contributed by atoms with van der Waals surface area (Å²) in [6.45, 7) is 6.59. The molecule has 1 fully saturated rings. The maximum absolute atomic E-state index is 5.70. The van der Waals surface area contributed by atoms with Crippen molar-refractivity contribution >= 4 is 0 Å². The van der Waals surface area contributed by atoms with E-state index in [1.807, 2.05) is 6.92 Å². The molecule has 5 heteroatoms. The number of aromatic nitrogens is 2. The van der Waals surface area contributed by atoms with E-state index >= 15 is 0 Å². The van der Waals surface area contributed by atoms with Crippen molar-refractivity contribution in [1.82, 2.24) is 15.5 Å². The Hall–Kier alpha value is -0.940. The molecule has 0 saturated carbocycles. The van der Waals surface area contributed by atoms with E-state index in [1.54, 1.807) is 0 Å². The monoisotopic (exact) mass is 225 g/mol. The first kappa shape index (κ1) is 11.5. The second-order valence-corrected chi connectivity index (χ2v) is 4.14. The van der Waals surface area contributed by atoms with Gasteiger partial charge in [0.1, 0.15) is 0 Å². The fourth-order valence-electron chi connectivity index (χ4n) is 1.92. The lowest BCUT2D eigenvalue weighted by Crippen LogP contribution is -2.18. The summed E-state index contributed by atoms with van der Waals surface area (Å²) in [5, 5.41) is 11.5. The van der Waals surface area contributed by atoms with E-state index < -0.39 is 0 Å². The molecule has 1 aromatic heterocycles. The van der Waals surface area contributed by atoms with E-state index in [4.69, 9.17) is 9.15 Å². The fraction of sp³-hybridized carbons (Fsp3) is 0.818. The predicted molar refractivity (Wildman–Crippen MR) is 59.2 cm³/mol. The topological polar surface area (TPSA) is 60.2 Å². The van der Waals surface area contributed by atoms with Crippen molar-refractivity contribution in [3.63, 3.8) is 0 Å². The molecule has 0 amide bonds. The zero-order valence-electron chi connectivity index (χ0n) is 9.90. The van der Waals surface area contributed by atoms with Crippen LogP contribution in [-0.2, 0) is 4.74 Å². The Kier molecular flexibility index (Phi) is 3.90. The van der Waals surface area contributed by atoms with E-state index in [0.29, 0.717) is 11.8 Å². The van der Waals surface area contributed by atoms with E-state index in [1.165, 1.54) is 0 Å². The molecular formula is C11H19N3O2. The molecule has 0 spiro atoms. The summed E-state index contributed by atoms with van der Waals surface area (Å²) >= 11 is 0. The summed E-state index contributed by atoms with van der Waals surface area (Å²) in [5.74, 6) is 1.83. The van der Waals surface area contributed by atoms with Gasteiger partial charge in [-0.25, -0.2) is 0 Å². The van der Waals surface area contributed by atoms with E-state index in [2.05, 4.69) is 22.4 Å². The third-order valence-corrected chi connectivity index (χ3v) is 2.91. The van der Waals surface area contributed by atoms with Crippen LogP contribution in [0.2, 0.25) is 0 Å². The Balaban J connectivity index is 2.00. The van der Waals surface area contributed by atoms with Crippen LogP contribution in [0.5, 0.6) is 0 Å². The second-order valence-electron chi connectivity index (χ2n) is 4.14. The first-order valence-corrected chi connectivity index (χ1v) is 5.95. The molecule has 0 bridgehead atoms. The molecule has 90 valence electrons. The second kappa shape index (κ2) is 5.41. The Morgan fingerprint density at radius 3 is 2.81 bits per heavy atom. The van der Waals surface area contributed by atoms with Crippen LogP contribution in [0.1, 0.15) is 50.4 Å². The van der Waals surface area contributed by atoms with Crippen LogP contribution in [0.3, 0.4) is 0 Å². The van der Waals surface area contributed by atoms with Crippen LogP contribution in [0.25, 0.3) is 0 Å². The van der Waals surface area contributed by atoms with Crippen LogP contribution >= 0.6 is 0 Å². The van der Waals surface area contributed by atoms with Crippen molar-refractivity contribution in [1.29, 1.82) is 0 Å². The summed E-state index contributed by atoms with van der Waals surface area (Å²) < 4.78 is 11.0. The summed E-state index contributed by atoms with van der Waals surface area (Å²) in [4.78, 5) is 0. The van der Waals surface area contributed by atoms with E-state index in [9.17, 15) is 0 Å². The van der Waals surface area contributed by atoms with Gasteiger partial charge in [0.05, 0.1) is 6.04 Å². The zero-order chi connectivity index (χ0) is 11.4. The summed E-state index contributed by atoms with van der Waals surface area (Å²) in [7, 11) is 0. The maximum atomic E-state index is 5.70. The van der Waals surface area contributed by atoms with Crippen molar-refractivity contribution in [3.8, 4) is 0 Å². The summed E-state index contributed by atoms with van der Waals surface area (Å²) in [6.07, 6.45) is 1.97. The highest BCUT2D eigenvalue weighted by Crippen LogP contribution is 2.26. The van der Waals surface area contributed by atoms with Crippen LogP contribution in [0, 0.1) is 0 Å². The molecule has 1 unspecified atom stereocenters. The molecule has 1 aromatic rings. The Morgan fingerprint density at radius 2 is 2.12 bits per heavy atom. The summed E-state index contributed by atoms with van der Waals surface area (Å²) in [6, 6.07) is 0.131. The van der Waals surface area contributed by atoms with Gasteiger partial charge in [-0.3, -0.25) is 0 Å². The molecular weight excluding hydrogens is 206 g/mol. The molecule has 2 heterocycles. The maximum Gasteiger partial charge on any atom is 0.233 e. The molecule has 1 N–H and O–H groups in total. The fourth-order valence-corrected chi connectivity index (χ4v) is 1.92. The largest absolute Gasteiger partial charge is 0.423 e. The van der Waals surface area contributed by atoms with Gasteiger partial charge in [-0.2, -0.15) is 0 Å². The normalized spacial score (nSPS) is 19.9. The lowest BCUT2D eigenvalue weighted by molar-refractivity contribution is 0.0790. The third kappa shape index (κ3) is 2.59. The van der Waals surface area contributed by atoms with Crippen LogP contribution in [-0.4, -0.2) is 30.0 Å². The molecule has 0 radical (unpaired) electrons. The highest BCUT2D eigenvalue weighted by molar-refractivity contribution is 4.95. The average molecular weight is 225 g/mol. The van der Waals surface area contributed by atoms with Gasteiger partial charge in [-0.1, -0.05) is 6.92 Å². The smallest absolute Gasteiger partial charge is 0.233 e. The Bertz CT molecular complexity index is 321. The molecule has 2 rings (SSSR count). The number of hydrogen-bond acceptors (Lipinski definition) is 5. The lowest BCUT2D eigenvalue weighted by atomic mass is 10.0. The standard InChI is InChI=1S/C11H19N3O2/c1-3-12-8(2)10-13-14-11(16-10)9-4-6-15-7-5-9/h8-9,12H,3-7H2,1-2H3. The van der Waals surface area contributed by atoms with Crippen LogP contribution in [0.4, 0.5) is 0 Å². The predicted octanol–water partition coefficient (Wildman–Crippen LogP) is 1.63. The first-order chi connectivity index (χ1) is 7.81. The highest BCUT2D eigenvalue weighted by Gasteiger charge is 2.22. The number of hydrogen-bond donors (Lipinski definition) is 1. The van der Waals surface area contributed by atoms with Gasteiger partial charge in [0.25, 0.3) is 0 Å². The number of nitrogens with one attached hydrogen (secondary N) is 1. The van der Waals surface area contributed by atoms with E-state index in [0.717, 1.165) is 38.5 Å². The minimum Gasteiger partial charge on any atom is -0.423 e. The van der Waals surface area contributed by atoms with Crippen molar-refractivity contribution in [2.24, 2.45) is 0 Å². The first-order valence-electron chi connectivity index (χ1n) is 5.95. The van der Waals surface area contributed by atoms with Gasteiger partial charge in [-0.05, 0) is 26.3 Å². The van der Waals surface area contributed by atoms with Crippen molar-refractivity contribution in [2.75, 3.05) is 19.8 Å². The van der Waals surface area contributed by atoms with Crippen molar-refractivity contribution in [3.05, 3.63) is 11.8 Å². The molecule has 16 heavy (non-hydrogen) atoms. The number of rotatable bonds is 4. The molecule has 0 aliphatic carbocycles. The molecule has 1 atom stereocenters. The van der Waals surface area contributed by atoms with Crippen molar-refractivity contribution < 1.29 is 9.15 Å². The Morgan fingerprint density at radius 1 is 1.38 bits per heavy atom. The van der Waals surface area contributed by atoms with Crippen LogP contribution in [0.15, 0.2) is 4.42 Å². The van der Waals surface area contributed by atoms with Gasteiger partial charge < -0.3 is 14.5 Å². The van der Waals surface area contributed by atoms with Gasteiger partial charge >= 0.3 is 0 Å². The third-order valence-electron chi connectivity index (χ3n) is 2.91. The van der Waals surface area contributed by atoms with Gasteiger partial charge in [0.15, 0.2) is 0 Å². The average Bonchev–Trinajstić information content (AvgIpc) is 2.80.